The topological polar surface area (TPSA) is 178 Å². The van der Waals surface area contributed by atoms with Crippen LogP contribution >= 0.6 is 0 Å². The van der Waals surface area contributed by atoms with E-state index >= 15 is 0 Å². The largest absolute Gasteiger partial charge is 0.389 e. The van der Waals surface area contributed by atoms with Crippen LogP contribution in [0.2, 0.25) is 0 Å². The number of fused-ring (bicyclic) bond motifs is 1. The zero-order chi connectivity index (χ0) is 17.9. The summed E-state index contributed by atoms with van der Waals surface area (Å²) in [6, 6.07) is 4.23. The van der Waals surface area contributed by atoms with Gasteiger partial charge >= 0.3 is 0 Å². The van der Waals surface area contributed by atoms with Crippen molar-refractivity contribution in [1.29, 1.82) is 0 Å². The Bertz CT molecular complexity index is 615. The maximum atomic E-state index is 11.0. The zero-order valence-electron chi connectivity index (χ0n) is 12.1. The van der Waals surface area contributed by atoms with Crippen molar-refractivity contribution < 1.29 is 35.1 Å². The normalized spacial score (nSPS) is 18.2. The first kappa shape index (κ1) is 18.0. The Morgan fingerprint density at radius 1 is 1.33 bits per heavy atom. The number of para-hydroxylation sites is 1. The molecule has 0 unspecified atom stereocenters. The van der Waals surface area contributed by atoms with E-state index in [-0.39, 0.29) is 17.7 Å². The number of hydrogen-bond acceptors (Lipinski definition) is 11. The third-order valence-corrected chi connectivity index (χ3v) is 3.34. The number of hydrazine groups is 1. The number of carbonyl (C=O) groups is 1. The summed E-state index contributed by atoms with van der Waals surface area (Å²) in [5.41, 5.74) is 5.00. The molecule has 0 amide bonds. The highest BCUT2D eigenvalue weighted by atomic mass is 16.8. The van der Waals surface area contributed by atoms with E-state index in [1.165, 1.54) is 18.2 Å². The van der Waals surface area contributed by atoms with Gasteiger partial charge in [-0.3, -0.25) is 10.1 Å². The number of aldehydes is 1. The number of benzene rings is 1. The minimum absolute atomic E-state index is 0.0150. The molecule has 12 nitrogen and oxygen atoms in total. The van der Waals surface area contributed by atoms with Crippen LogP contribution in [0.15, 0.2) is 18.2 Å². The molecule has 132 valence electrons. The molecule has 2 rings (SSSR count). The van der Waals surface area contributed by atoms with Crippen LogP contribution in [0.25, 0.3) is 0 Å². The second-order valence-electron chi connectivity index (χ2n) is 4.96. The monoisotopic (exact) mass is 344 g/mol. The molecular formula is C12H16N4O8. The average molecular weight is 344 g/mol. The summed E-state index contributed by atoms with van der Waals surface area (Å²) in [6.45, 7) is -0.406. The molecule has 4 atom stereocenters. The predicted molar refractivity (Wildman–Crippen MR) is 78.4 cm³/mol. The molecule has 1 heterocycles. The van der Waals surface area contributed by atoms with Crippen molar-refractivity contribution in [3.63, 3.8) is 0 Å². The van der Waals surface area contributed by atoms with Gasteiger partial charge in [-0.1, -0.05) is 6.07 Å². The van der Waals surface area contributed by atoms with Gasteiger partial charge in [0.1, 0.15) is 18.3 Å². The number of nitro benzene ring substituents is 1. The van der Waals surface area contributed by atoms with Crippen LogP contribution in [-0.4, -0.2) is 62.6 Å². The summed E-state index contributed by atoms with van der Waals surface area (Å²) in [4.78, 5) is 25.7. The molecule has 0 aromatic heterocycles. The Labute approximate surface area is 134 Å². The molecule has 1 aromatic carbocycles. The second-order valence-corrected chi connectivity index (χ2v) is 4.96. The van der Waals surface area contributed by atoms with E-state index in [0.29, 0.717) is 5.69 Å². The number of aliphatic hydroxyl groups excluding tert-OH is 4. The lowest BCUT2D eigenvalue weighted by molar-refractivity contribution is -0.384. The van der Waals surface area contributed by atoms with Crippen LogP contribution in [0.5, 0.6) is 0 Å². The van der Waals surface area contributed by atoms with Gasteiger partial charge in [0.25, 0.3) is 5.69 Å². The lowest BCUT2D eigenvalue weighted by Crippen LogP contribution is -2.51. The highest BCUT2D eigenvalue weighted by Crippen LogP contribution is 2.38. The Morgan fingerprint density at radius 2 is 2.04 bits per heavy atom. The van der Waals surface area contributed by atoms with Crippen molar-refractivity contribution in [3.05, 3.63) is 28.3 Å². The molecule has 24 heavy (non-hydrogen) atoms. The highest BCUT2D eigenvalue weighted by Gasteiger charge is 2.33. The molecule has 0 bridgehead atoms. The Kier molecular flexibility index (Phi) is 5.61. The van der Waals surface area contributed by atoms with Crippen LogP contribution in [0.1, 0.15) is 0 Å². The number of hydrogen-bond donors (Lipinski definition) is 6. The predicted octanol–water partition coefficient (Wildman–Crippen LogP) is -2.18. The van der Waals surface area contributed by atoms with Crippen molar-refractivity contribution in [2.45, 2.75) is 24.4 Å². The minimum Gasteiger partial charge on any atom is -0.389 e. The molecule has 6 N–H and O–H groups in total. The van der Waals surface area contributed by atoms with Gasteiger partial charge < -0.3 is 25.2 Å². The fourth-order valence-electron chi connectivity index (χ4n) is 2.03. The average Bonchev–Trinajstić information content (AvgIpc) is 3.00. The van der Waals surface area contributed by atoms with E-state index in [9.17, 15) is 30.2 Å². The standard InChI is InChI=1S/C12H16N4O8/c17-5-9(19)12(21)11(20)8(18)4-13-15-10-6(14-24-15)2-1-3-7(10)16(22)23/h1-3,5,8-9,11-14,18-21H,4H2/t8-,9+,11-,12-/m1/s1. The Balaban J connectivity index is 2.02. The number of rotatable bonds is 8. The first-order valence-electron chi connectivity index (χ1n) is 6.78. The second kappa shape index (κ2) is 7.48. The summed E-state index contributed by atoms with van der Waals surface area (Å²) in [5.74, 6) is 0. The first-order chi connectivity index (χ1) is 11.4. The zero-order valence-corrected chi connectivity index (χ0v) is 12.1. The molecule has 1 aromatic rings. The van der Waals surface area contributed by atoms with Crippen LogP contribution < -0.4 is 16.1 Å². The minimum atomic E-state index is -1.89. The fraction of sp³-hybridized carbons (Fsp3) is 0.417. The van der Waals surface area contributed by atoms with E-state index in [1.54, 1.807) is 0 Å². The van der Waals surface area contributed by atoms with Gasteiger partial charge in [0, 0.05) is 12.6 Å². The molecule has 0 radical (unpaired) electrons. The number of carbonyl (C=O) groups excluding carboxylic acids is 1. The number of aliphatic hydroxyl groups is 4. The lowest BCUT2D eigenvalue weighted by atomic mass is 10.0. The smallest absolute Gasteiger partial charge is 0.298 e. The molecule has 12 heteroatoms. The van der Waals surface area contributed by atoms with E-state index in [1.807, 2.05) is 0 Å². The van der Waals surface area contributed by atoms with E-state index in [2.05, 4.69) is 10.9 Å². The molecule has 0 fully saturated rings. The summed E-state index contributed by atoms with van der Waals surface area (Å²) in [5, 5.41) is 49.9. The Hall–Kier alpha value is -2.35. The molecule has 0 saturated heterocycles. The number of nitro groups is 1. The van der Waals surface area contributed by atoms with Crippen LogP contribution in [0, 0.1) is 10.1 Å². The van der Waals surface area contributed by atoms with Crippen LogP contribution in [0.3, 0.4) is 0 Å². The van der Waals surface area contributed by atoms with E-state index in [4.69, 9.17) is 10.0 Å². The summed E-state index contributed by atoms with van der Waals surface area (Å²) < 4.78 is 0. The van der Waals surface area contributed by atoms with Crippen LogP contribution in [0.4, 0.5) is 17.1 Å². The van der Waals surface area contributed by atoms with E-state index in [0.717, 1.165) is 5.17 Å². The SMILES string of the molecule is O=C[C@H](O)[C@@H](O)[C@H](O)[C@H](O)CNN1ONc2cccc([N+](=O)[O-])c21. The summed E-state index contributed by atoms with van der Waals surface area (Å²) >= 11 is 0. The number of nitrogens with one attached hydrogen (secondary N) is 2. The lowest BCUT2D eigenvalue weighted by Gasteiger charge is -2.25. The van der Waals surface area contributed by atoms with Crippen molar-refractivity contribution in [2.24, 2.45) is 0 Å². The molecule has 1 aliphatic rings. The van der Waals surface area contributed by atoms with Crippen molar-refractivity contribution in [1.82, 2.24) is 5.43 Å². The van der Waals surface area contributed by atoms with Gasteiger partial charge in [-0.05, 0) is 6.07 Å². The molecule has 1 aliphatic heterocycles. The van der Waals surface area contributed by atoms with Gasteiger partial charge in [0.2, 0.25) is 0 Å². The van der Waals surface area contributed by atoms with Gasteiger partial charge in [-0.15, -0.1) is 4.94 Å². The quantitative estimate of drug-likeness (QED) is 0.172. The summed E-state index contributed by atoms with van der Waals surface area (Å²) in [7, 11) is 0. The third-order valence-electron chi connectivity index (χ3n) is 3.34. The molecular weight excluding hydrogens is 328 g/mol. The van der Waals surface area contributed by atoms with E-state index < -0.39 is 35.9 Å². The maximum Gasteiger partial charge on any atom is 0.298 e. The van der Waals surface area contributed by atoms with Gasteiger partial charge in [0.15, 0.2) is 12.0 Å². The van der Waals surface area contributed by atoms with Gasteiger partial charge in [-0.2, -0.15) is 5.17 Å². The van der Waals surface area contributed by atoms with Crippen molar-refractivity contribution in [2.75, 3.05) is 17.2 Å². The third kappa shape index (κ3) is 3.59. The Morgan fingerprint density at radius 3 is 2.67 bits per heavy atom. The summed E-state index contributed by atoms with van der Waals surface area (Å²) in [6.07, 6.45) is -7.18. The molecule has 0 spiro atoms. The maximum absolute atomic E-state index is 11.0. The highest BCUT2D eigenvalue weighted by molar-refractivity contribution is 5.79. The fourth-order valence-corrected chi connectivity index (χ4v) is 2.03. The van der Waals surface area contributed by atoms with Crippen molar-refractivity contribution in [3.8, 4) is 0 Å². The first-order valence-corrected chi connectivity index (χ1v) is 6.78. The molecule has 0 saturated carbocycles. The van der Waals surface area contributed by atoms with Gasteiger partial charge in [0.05, 0.1) is 16.7 Å². The number of anilines is 2. The van der Waals surface area contributed by atoms with Gasteiger partial charge in [-0.25, -0.2) is 10.9 Å². The number of nitrogens with zero attached hydrogens (tertiary/aromatic N) is 2. The van der Waals surface area contributed by atoms with Crippen LogP contribution in [-0.2, 0) is 9.73 Å². The molecule has 0 aliphatic carbocycles. The van der Waals surface area contributed by atoms with Crippen molar-refractivity contribution >= 4 is 23.3 Å².